The van der Waals surface area contributed by atoms with Crippen LogP contribution < -0.4 is 0 Å². The van der Waals surface area contributed by atoms with Crippen molar-refractivity contribution in [1.82, 2.24) is 0 Å². The van der Waals surface area contributed by atoms with Gasteiger partial charge < -0.3 is 24.4 Å². The van der Waals surface area contributed by atoms with Crippen molar-refractivity contribution in [2.45, 2.75) is 24.6 Å². The average molecular weight is 178 g/mol. The van der Waals surface area contributed by atoms with E-state index >= 15 is 0 Å². The fraction of sp³-hybridized carbons (Fsp3) is 1.00. The van der Waals surface area contributed by atoms with Gasteiger partial charge in [0.1, 0.15) is 18.3 Å². The Morgan fingerprint density at radius 3 is 2.42 bits per heavy atom. The highest BCUT2D eigenvalue weighted by Crippen LogP contribution is 2.17. The van der Waals surface area contributed by atoms with E-state index in [1.807, 2.05) is 0 Å². The SMILES string of the molecule is CO[C@H]1[C@H](O)C(O)OC[C@H]1OC. The Labute approximate surface area is 70.9 Å². The van der Waals surface area contributed by atoms with Crippen molar-refractivity contribution >= 4 is 0 Å². The molecular weight excluding hydrogens is 164 g/mol. The summed E-state index contributed by atoms with van der Waals surface area (Å²) in [7, 11) is 2.96. The van der Waals surface area contributed by atoms with Gasteiger partial charge in [-0.1, -0.05) is 0 Å². The summed E-state index contributed by atoms with van der Waals surface area (Å²) >= 11 is 0. The lowest BCUT2D eigenvalue weighted by Crippen LogP contribution is -2.54. The van der Waals surface area contributed by atoms with Crippen LogP contribution in [0.25, 0.3) is 0 Å². The minimum absolute atomic E-state index is 0.229. The van der Waals surface area contributed by atoms with Gasteiger partial charge in [0, 0.05) is 14.2 Å². The van der Waals surface area contributed by atoms with Crippen LogP contribution in [-0.4, -0.2) is 55.6 Å². The smallest absolute Gasteiger partial charge is 0.183 e. The molecule has 1 fully saturated rings. The Bertz CT molecular complexity index is 138. The Kier molecular flexibility index (Phi) is 3.42. The molecule has 0 aromatic heterocycles. The van der Waals surface area contributed by atoms with Crippen LogP contribution in [0.2, 0.25) is 0 Å². The number of ether oxygens (including phenoxy) is 3. The largest absolute Gasteiger partial charge is 0.385 e. The highest BCUT2D eigenvalue weighted by molar-refractivity contribution is 4.83. The Hall–Kier alpha value is -0.200. The molecule has 0 radical (unpaired) electrons. The van der Waals surface area contributed by atoms with Gasteiger partial charge in [-0.15, -0.1) is 0 Å². The molecule has 5 heteroatoms. The average Bonchev–Trinajstić information content (AvgIpc) is 2.09. The van der Waals surface area contributed by atoms with Gasteiger partial charge in [-0.2, -0.15) is 0 Å². The molecule has 0 aromatic carbocycles. The molecule has 0 bridgehead atoms. The summed E-state index contributed by atoms with van der Waals surface area (Å²) in [5.41, 5.74) is 0. The van der Waals surface area contributed by atoms with Gasteiger partial charge in [0.15, 0.2) is 6.29 Å². The van der Waals surface area contributed by atoms with E-state index in [4.69, 9.17) is 19.3 Å². The van der Waals surface area contributed by atoms with Crippen LogP contribution >= 0.6 is 0 Å². The molecule has 1 aliphatic rings. The maximum Gasteiger partial charge on any atom is 0.183 e. The number of rotatable bonds is 2. The lowest BCUT2D eigenvalue weighted by atomic mass is 10.1. The van der Waals surface area contributed by atoms with E-state index in [9.17, 15) is 5.11 Å². The lowest BCUT2D eigenvalue weighted by molar-refractivity contribution is -0.261. The van der Waals surface area contributed by atoms with Crippen molar-refractivity contribution in [2.24, 2.45) is 0 Å². The van der Waals surface area contributed by atoms with Gasteiger partial charge in [-0.25, -0.2) is 0 Å². The number of aliphatic hydroxyl groups is 2. The van der Waals surface area contributed by atoms with Crippen LogP contribution in [0.1, 0.15) is 0 Å². The third kappa shape index (κ3) is 1.75. The van der Waals surface area contributed by atoms with Crippen LogP contribution in [0.15, 0.2) is 0 Å². The number of hydrogen-bond acceptors (Lipinski definition) is 5. The lowest BCUT2D eigenvalue weighted by Gasteiger charge is -2.36. The van der Waals surface area contributed by atoms with Gasteiger partial charge in [0.2, 0.25) is 0 Å². The Morgan fingerprint density at radius 2 is 1.92 bits per heavy atom. The Balaban J connectivity index is 2.58. The van der Waals surface area contributed by atoms with Crippen molar-refractivity contribution in [3.05, 3.63) is 0 Å². The molecule has 72 valence electrons. The normalized spacial score (nSPS) is 43.0. The zero-order valence-corrected chi connectivity index (χ0v) is 7.14. The molecule has 1 rings (SSSR count). The van der Waals surface area contributed by atoms with E-state index in [0.29, 0.717) is 0 Å². The first-order valence-electron chi connectivity index (χ1n) is 3.74. The molecule has 4 atom stereocenters. The van der Waals surface area contributed by atoms with Crippen molar-refractivity contribution in [1.29, 1.82) is 0 Å². The topological polar surface area (TPSA) is 68.2 Å². The van der Waals surface area contributed by atoms with Gasteiger partial charge in [-0.3, -0.25) is 0 Å². The summed E-state index contributed by atoms with van der Waals surface area (Å²) in [6.07, 6.45) is -3.08. The molecule has 12 heavy (non-hydrogen) atoms. The molecule has 5 nitrogen and oxygen atoms in total. The molecule has 1 aliphatic heterocycles. The first kappa shape index (κ1) is 9.88. The van der Waals surface area contributed by atoms with E-state index in [1.165, 1.54) is 14.2 Å². The monoisotopic (exact) mass is 178 g/mol. The molecule has 1 saturated heterocycles. The first-order valence-corrected chi connectivity index (χ1v) is 3.74. The van der Waals surface area contributed by atoms with Gasteiger partial charge in [0.25, 0.3) is 0 Å². The van der Waals surface area contributed by atoms with Crippen LogP contribution in [0, 0.1) is 0 Å². The highest BCUT2D eigenvalue weighted by atomic mass is 16.6. The molecular formula is C7H14O5. The third-order valence-corrected chi connectivity index (χ3v) is 2.00. The summed E-state index contributed by atoms with van der Waals surface area (Å²) in [4.78, 5) is 0. The summed E-state index contributed by atoms with van der Waals surface area (Å²) < 4.78 is 14.8. The maximum absolute atomic E-state index is 9.36. The van der Waals surface area contributed by atoms with Gasteiger partial charge in [-0.05, 0) is 0 Å². The molecule has 0 spiro atoms. The second-order valence-corrected chi connectivity index (χ2v) is 2.69. The summed E-state index contributed by atoms with van der Waals surface area (Å²) in [5.74, 6) is 0. The van der Waals surface area contributed by atoms with Crippen molar-refractivity contribution < 1.29 is 24.4 Å². The van der Waals surface area contributed by atoms with Crippen LogP contribution in [0.5, 0.6) is 0 Å². The molecule has 1 unspecified atom stereocenters. The second kappa shape index (κ2) is 4.15. The third-order valence-electron chi connectivity index (χ3n) is 2.00. The molecule has 0 aliphatic carbocycles. The van der Waals surface area contributed by atoms with Gasteiger partial charge >= 0.3 is 0 Å². The van der Waals surface area contributed by atoms with Crippen molar-refractivity contribution in [2.75, 3.05) is 20.8 Å². The zero-order valence-electron chi connectivity index (χ0n) is 7.14. The second-order valence-electron chi connectivity index (χ2n) is 2.69. The van der Waals surface area contributed by atoms with Crippen molar-refractivity contribution in [3.63, 3.8) is 0 Å². The number of hydrogen-bond donors (Lipinski definition) is 2. The molecule has 1 heterocycles. The van der Waals surface area contributed by atoms with E-state index in [-0.39, 0.29) is 12.7 Å². The highest BCUT2D eigenvalue weighted by Gasteiger charge is 2.38. The van der Waals surface area contributed by atoms with E-state index in [2.05, 4.69) is 0 Å². The molecule has 0 saturated carbocycles. The fourth-order valence-electron chi connectivity index (χ4n) is 1.26. The van der Waals surface area contributed by atoms with Crippen LogP contribution in [-0.2, 0) is 14.2 Å². The predicted octanol–water partition coefficient (Wildman–Crippen LogP) is -1.27. The van der Waals surface area contributed by atoms with E-state index < -0.39 is 18.5 Å². The summed E-state index contributed by atoms with van der Waals surface area (Å²) in [6.45, 7) is 0.229. The summed E-state index contributed by atoms with van der Waals surface area (Å²) in [6, 6.07) is 0. The predicted molar refractivity (Wildman–Crippen MR) is 39.6 cm³/mol. The van der Waals surface area contributed by atoms with Crippen molar-refractivity contribution in [3.8, 4) is 0 Å². The van der Waals surface area contributed by atoms with Crippen LogP contribution in [0.4, 0.5) is 0 Å². The van der Waals surface area contributed by atoms with Gasteiger partial charge in [0.05, 0.1) is 6.61 Å². The number of methoxy groups -OCH3 is 2. The van der Waals surface area contributed by atoms with E-state index in [1.54, 1.807) is 0 Å². The minimum atomic E-state index is -1.18. The standard InChI is InChI=1S/C7H14O5/c1-10-4-3-12-7(9)5(8)6(4)11-2/h4-9H,3H2,1-2H3/t4-,5+,6-,7?/m1/s1. The quantitative estimate of drug-likeness (QED) is 0.551. The first-order chi connectivity index (χ1) is 5.70. The van der Waals surface area contributed by atoms with Crippen LogP contribution in [0.3, 0.4) is 0 Å². The maximum atomic E-state index is 9.36. The Morgan fingerprint density at radius 1 is 1.25 bits per heavy atom. The number of aliphatic hydroxyl groups excluding tert-OH is 2. The molecule has 2 N–H and O–H groups in total. The molecule has 0 aromatic rings. The zero-order chi connectivity index (χ0) is 9.14. The summed E-state index contributed by atoms with van der Waals surface area (Å²) in [5, 5.41) is 18.4. The fourth-order valence-corrected chi connectivity index (χ4v) is 1.26. The minimum Gasteiger partial charge on any atom is -0.385 e. The molecule has 0 amide bonds. The van der Waals surface area contributed by atoms with E-state index in [0.717, 1.165) is 0 Å².